The minimum absolute atomic E-state index is 0.0964. The summed E-state index contributed by atoms with van der Waals surface area (Å²) < 4.78 is 17.6. The fourth-order valence-electron chi connectivity index (χ4n) is 10.7. The van der Waals surface area contributed by atoms with Crippen LogP contribution >= 0.6 is 0 Å². The molecule has 0 rings (SSSR count). The number of carbonyl (C=O) groups excluding carboxylic acids is 2. The summed E-state index contributed by atoms with van der Waals surface area (Å²) in [5.74, 6) is -0.363. The first-order chi connectivity index (χ1) is 36.6. The van der Waals surface area contributed by atoms with E-state index in [2.05, 4.69) is 32.9 Å². The Labute approximate surface area is 465 Å². The maximum Gasteiger partial charge on any atom is 0.306 e. The molecule has 0 N–H and O–H groups in total. The highest BCUT2D eigenvalue weighted by Crippen LogP contribution is 2.19. The average molecular weight is 1040 g/mol. The fourth-order valence-corrected chi connectivity index (χ4v) is 10.7. The highest BCUT2D eigenvalue weighted by atomic mass is 16.6. The van der Waals surface area contributed by atoms with Crippen LogP contribution in [-0.4, -0.2) is 37.9 Å². The third-order valence-electron chi connectivity index (χ3n) is 15.8. The van der Waals surface area contributed by atoms with Gasteiger partial charge >= 0.3 is 11.9 Å². The van der Waals surface area contributed by atoms with E-state index in [1.54, 1.807) is 0 Å². The molecular formula is C69H134O5. The monoisotopic (exact) mass is 1040 g/mol. The van der Waals surface area contributed by atoms with Gasteiger partial charge in [-0.25, -0.2) is 0 Å². The Morgan fingerprint density at radius 3 is 0.824 bits per heavy atom. The Hall–Kier alpha value is -1.36. The van der Waals surface area contributed by atoms with Gasteiger partial charge in [-0.3, -0.25) is 9.59 Å². The van der Waals surface area contributed by atoms with Crippen LogP contribution in [0, 0.1) is 0 Å². The van der Waals surface area contributed by atoms with E-state index in [9.17, 15) is 9.59 Å². The number of hydrogen-bond donors (Lipinski definition) is 0. The van der Waals surface area contributed by atoms with Crippen molar-refractivity contribution < 1.29 is 23.8 Å². The van der Waals surface area contributed by atoms with Gasteiger partial charge < -0.3 is 14.2 Å². The van der Waals surface area contributed by atoms with Gasteiger partial charge in [0.25, 0.3) is 0 Å². The third kappa shape index (κ3) is 63.2. The number of hydrogen-bond acceptors (Lipinski definition) is 5. The predicted molar refractivity (Wildman–Crippen MR) is 326 cm³/mol. The minimum atomic E-state index is -0.529. The van der Waals surface area contributed by atoms with E-state index in [4.69, 9.17) is 14.2 Å². The SMILES string of the molecule is CCCCCCCC/C=C\CCCCCCCCCCCCCC(=O)O[C@H](COCCCCCCCCCCCCCCCCCC)COC(=O)CCCCCCCCCCCCCCCCCCCCCCC. The van der Waals surface area contributed by atoms with Gasteiger partial charge in [0, 0.05) is 19.4 Å². The molecule has 0 radical (unpaired) electrons. The summed E-state index contributed by atoms with van der Waals surface area (Å²) in [7, 11) is 0. The second kappa shape index (κ2) is 65.9. The van der Waals surface area contributed by atoms with E-state index in [1.165, 1.54) is 327 Å². The topological polar surface area (TPSA) is 61.8 Å². The van der Waals surface area contributed by atoms with Gasteiger partial charge in [-0.2, -0.15) is 0 Å². The summed E-state index contributed by atoms with van der Waals surface area (Å²) in [5, 5.41) is 0. The first kappa shape index (κ1) is 72.6. The lowest BCUT2D eigenvalue weighted by Gasteiger charge is -2.18. The first-order valence-electron chi connectivity index (χ1n) is 34.2. The molecule has 0 aliphatic carbocycles. The van der Waals surface area contributed by atoms with Crippen molar-refractivity contribution in [3.8, 4) is 0 Å². The molecule has 5 heteroatoms. The van der Waals surface area contributed by atoms with Crippen LogP contribution in [0.2, 0.25) is 0 Å². The lowest BCUT2D eigenvalue weighted by molar-refractivity contribution is -0.163. The van der Waals surface area contributed by atoms with Crippen LogP contribution in [0.4, 0.5) is 0 Å². The van der Waals surface area contributed by atoms with Gasteiger partial charge in [0.05, 0.1) is 6.61 Å². The van der Waals surface area contributed by atoms with Crippen LogP contribution in [0.15, 0.2) is 12.2 Å². The summed E-state index contributed by atoms with van der Waals surface area (Å²) in [4.78, 5) is 25.7. The lowest BCUT2D eigenvalue weighted by atomic mass is 10.0. The van der Waals surface area contributed by atoms with E-state index in [0.717, 1.165) is 32.1 Å². The van der Waals surface area contributed by atoms with E-state index in [-0.39, 0.29) is 18.5 Å². The Morgan fingerprint density at radius 1 is 0.284 bits per heavy atom. The van der Waals surface area contributed by atoms with Crippen molar-refractivity contribution in [1.29, 1.82) is 0 Å². The van der Waals surface area contributed by atoms with E-state index >= 15 is 0 Å². The van der Waals surface area contributed by atoms with Gasteiger partial charge in [0.15, 0.2) is 6.10 Å². The highest BCUT2D eigenvalue weighted by Gasteiger charge is 2.18. The summed E-state index contributed by atoms with van der Waals surface area (Å²) >= 11 is 0. The van der Waals surface area contributed by atoms with E-state index < -0.39 is 6.10 Å². The zero-order chi connectivity index (χ0) is 53.4. The molecule has 0 saturated heterocycles. The summed E-state index contributed by atoms with van der Waals surface area (Å²) in [6.45, 7) is 7.94. The maximum atomic E-state index is 12.9. The Bertz CT molecular complexity index is 1090. The molecule has 0 bridgehead atoms. The molecule has 0 aliphatic heterocycles. The molecule has 440 valence electrons. The summed E-state index contributed by atoms with van der Waals surface area (Å²) in [5.41, 5.74) is 0. The zero-order valence-electron chi connectivity index (χ0n) is 50.9. The molecule has 0 aromatic rings. The normalized spacial score (nSPS) is 12.1. The summed E-state index contributed by atoms with van der Waals surface area (Å²) in [6.07, 6.45) is 79.8. The molecule has 5 nitrogen and oxygen atoms in total. The van der Waals surface area contributed by atoms with Crippen molar-refractivity contribution in [3.05, 3.63) is 12.2 Å². The Morgan fingerprint density at radius 2 is 0.527 bits per heavy atom. The van der Waals surface area contributed by atoms with Crippen molar-refractivity contribution in [2.45, 2.75) is 399 Å². The van der Waals surface area contributed by atoms with Crippen LogP contribution in [0.25, 0.3) is 0 Å². The van der Waals surface area contributed by atoms with Crippen molar-refractivity contribution >= 4 is 11.9 Å². The molecule has 0 aromatic carbocycles. The maximum absolute atomic E-state index is 12.9. The molecule has 0 amide bonds. The second-order valence-corrected chi connectivity index (χ2v) is 23.4. The van der Waals surface area contributed by atoms with E-state index in [0.29, 0.717) is 26.1 Å². The molecule has 1 atom stereocenters. The smallest absolute Gasteiger partial charge is 0.306 e. The van der Waals surface area contributed by atoms with Gasteiger partial charge in [0.2, 0.25) is 0 Å². The zero-order valence-corrected chi connectivity index (χ0v) is 50.9. The lowest BCUT2D eigenvalue weighted by Crippen LogP contribution is -2.30. The summed E-state index contributed by atoms with van der Waals surface area (Å²) in [6, 6.07) is 0. The molecule has 0 saturated carbocycles. The number of rotatable bonds is 65. The van der Waals surface area contributed by atoms with Crippen molar-refractivity contribution in [2.75, 3.05) is 19.8 Å². The van der Waals surface area contributed by atoms with Crippen molar-refractivity contribution in [2.24, 2.45) is 0 Å². The molecule has 0 spiro atoms. The minimum Gasteiger partial charge on any atom is -0.462 e. The standard InChI is InChI=1S/C69H134O5/c1-4-7-10-13-16-19-22-25-28-31-33-35-37-39-41-44-47-50-53-56-59-62-68(70)73-66-67(65-72-64-61-58-55-52-49-46-43-30-27-24-21-18-15-12-9-6-3)74-69(71)63-60-57-54-51-48-45-42-40-38-36-34-32-29-26-23-20-17-14-11-8-5-2/h26,29,67H,4-25,27-28,30-66H2,1-3H3/b29-26-/t67-/m1/s1. The quantitative estimate of drug-likeness (QED) is 0.0345. The number of esters is 2. The molecule has 0 unspecified atom stereocenters. The third-order valence-corrected chi connectivity index (χ3v) is 15.8. The number of allylic oxidation sites excluding steroid dienone is 2. The Kier molecular flexibility index (Phi) is 64.7. The molecule has 74 heavy (non-hydrogen) atoms. The van der Waals surface area contributed by atoms with Crippen molar-refractivity contribution in [3.63, 3.8) is 0 Å². The molecule has 0 heterocycles. The number of carbonyl (C=O) groups is 2. The van der Waals surface area contributed by atoms with Crippen LogP contribution in [0.3, 0.4) is 0 Å². The Balaban J connectivity index is 4.17. The van der Waals surface area contributed by atoms with Crippen LogP contribution in [0.1, 0.15) is 393 Å². The van der Waals surface area contributed by atoms with Crippen LogP contribution in [0.5, 0.6) is 0 Å². The molecular weight excluding hydrogens is 909 g/mol. The van der Waals surface area contributed by atoms with E-state index in [1.807, 2.05) is 0 Å². The van der Waals surface area contributed by atoms with Crippen molar-refractivity contribution in [1.82, 2.24) is 0 Å². The largest absolute Gasteiger partial charge is 0.462 e. The number of unbranched alkanes of at least 4 members (excludes halogenated alkanes) is 52. The van der Waals surface area contributed by atoms with Gasteiger partial charge in [0.1, 0.15) is 6.61 Å². The van der Waals surface area contributed by atoms with Crippen LogP contribution in [-0.2, 0) is 23.8 Å². The molecule has 0 aliphatic rings. The first-order valence-corrected chi connectivity index (χ1v) is 34.2. The highest BCUT2D eigenvalue weighted by molar-refractivity contribution is 5.70. The number of ether oxygens (including phenoxy) is 3. The van der Waals surface area contributed by atoms with Crippen LogP contribution < -0.4 is 0 Å². The fraction of sp³-hybridized carbons (Fsp3) is 0.942. The van der Waals surface area contributed by atoms with Gasteiger partial charge in [-0.15, -0.1) is 0 Å². The second-order valence-electron chi connectivity index (χ2n) is 23.4. The van der Waals surface area contributed by atoms with Gasteiger partial charge in [-0.05, 0) is 44.9 Å². The molecule has 0 aromatic heterocycles. The predicted octanol–water partition coefficient (Wildman–Crippen LogP) is 23.7. The van der Waals surface area contributed by atoms with Gasteiger partial charge in [-0.1, -0.05) is 348 Å². The molecule has 0 fully saturated rings. The average Bonchev–Trinajstić information content (AvgIpc) is 3.40.